The minimum atomic E-state index is 0.340. The molecule has 0 aromatic carbocycles. The van der Waals surface area contributed by atoms with E-state index in [9.17, 15) is 0 Å². The Morgan fingerprint density at radius 1 is 1.21 bits per heavy atom. The maximum Gasteiger partial charge on any atom is -0.00150 e. The molecule has 1 aliphatic rings. The molecule has 0 aromatic heterocycles. The van der Waals surface area contributed by atoms with Gasteiger partial charge in [0.2, 0.25) is 0 Å². The second-order valence-electron chi connectivity index (χ2n) is 5.89. The van der Waals surface area contributed by atoms with Crippen LogP contribution in [-0.2, 0) is 0 Å². The standard InChI is InChI=1S/C12H26N2/c1-11(2,3)12(10-13)6-5-8-14(4)9-7-12/h5-10,13H2,1-4H3. The van der Waals surface area contributed by atoms with Crippen LogP contribution < -0.4 is 5.73 Å². The third-order valence-electron chi connectivity index (χ3n) is 4.15. The summed E-state index contributed by atoms with van der Waals surface area (Å²) < 4.78 is 0. The van der Waals surface area contributed by atoms with Gasteiger partial charge in [-0.05, 0) is 56.8 Å². The molecule has 14 heavy (non-hydrogen) atoms. The second-order valence-corrected chi connectivity index (χ2v) is 5.89. The summed E-state index contributed by atoms with van der Waals surface area (Å²) >= 11 is 0. The molecule has 1 fully saturated rings. The molecule has 0 aliphatic carbocycles. The third-order valence-corrected chi connectivity index (χ3v) is 4.15. The first-order valence-electron chi connectivity index (χ1n) is 5.80. The predicted molar refractivity (Wildman–Crippen MR) is 62.3 cm³/mol. The fraction of sp³-hybridized carbons (Fsp3) is 1.00. The van der Waals surface area contributed by atoms with Gasteiger partial charge in [0, 0.05) is 0 Å². The molecule has 0 spiro atoms. The maximum absolute atomic E-state index is 6.02. The normalized spacial score (nSPS) is 31.5. The second kappa shape index (κ2) is 4.19. The third kappa shape index (κ3) is 2.29. The Morgan fingerprint density at radius 2 is 1.86 bits per heavy atom. The van der Waals surface area contributed by atoms with Crippen molar-refractivity contribution < 1.29 is 0 Å². The minimum absolute atomic E-state index is 0.340. The molecule has 2 N–H and O–H groups in total. The van der Waals surface area contributed by atoms with Gasteiger partial charge in [-0.15, -0.1) is 0 Å². The summed E-state index contributed by atoms with van der Waals surface area (Å²) in [6, 6.07) is 0. The zero-order valence-corrected chi connectivity index (χ0v) is 10.3. The van der Waals surface area contributed by atoms with Crippen molar-refractivity contribution >= 4 is 0 Å². The molecule has 0 amide bonds. The Labute approximate surface area is 88.8 Å². The van der Waals surface area contributed by atoms with Crippen molar-refractivity contribution in [2.45, 2.75) is 40.0 Å². The molecule has 0 radical (unpaired) electrons. The van der Waals surface area contributed by atoms with Crippen LogP contribution in [0.3, 0.4) is 0 Å². The van der Waals surface area contributed by atoms with Crippen LogP contribution >= 0.6 is 0 Å². The quantitative estimate of drug-likeness (QED) is 0.699. The highest BCUT2D eigenvalue weighted by molar-refractivity contribution is 4.93. The van der Waals surface area contributed by atoms with Crippen LogP contribution in [0.2, 0.25) is 0 Å². The van der Waals surface area contributed by atoms with Gasteiger partial charge in [0.25, 0.3) is 0 Å². The zero-order valence-electron chi connectivity index (χ0n) is 10.3. The first-order valence-corrected chi connectivity index (χ1v) is 5.80. The number of hydrogen-bond donors (Lipinski definition) is 1. The molecule has 2 heteroatoms. The molecule has 2 nitrogen and oxygen atoms in total. The van der Waals surface area contributed by atoms with Gasteiger partial charge in [0.1, 0.15) is 0 Å². The van der Waals surface area contributed by atoms with Crippen molar-refractivity contribution in [3.05, 3.63) is 0 Å². The molecular weight excluding hydrogens is 172 g/mol. The SMILES string of the molecule is CN1CCCC(CN)(C(C)(C)C)CC1. The van der Waals surface area contributed by atoms with Gasteiger partial charge in [-0.25, -0.2) is 0 Å². The fourth-order valence-electron chi connectivity index (χ4n) is 2.59. The smallest absolute Gasteiger partial charge is 0.00150 e. The molecular formula is C12H26N2. The topological polar surface area (TPSA) is 29.3 Å². The van der Waals surface area contributed by atoms with Gasteiger partial charge >= 0.3 is 0 Å². The van der Waals surface area contributed by atoms with E-state index in [1.54, 1.807) is 0 Å². The van der Waals surface area contributed by atoms with E-state index in [0.29, 0.717) is 10.8 Å². The summed E-state index contributed by atoms with van der Waals surface area (Å²) in [6.07, 6.45) is 3.84. The van der Waals surface area contributed by atoms with Crippen molar-refractivity contribution in [2.75, 3.05) is 26.7 Å². The molecule has 84 valence electrons. The monoisotopic (exact) mass is 198 g/mol. The molecule has 0 aromatic rings. The Bertz CT molecular complexity index is 183. The average molecular weight is 198 g/mol. The van der Waals surface area contributed by atoms with Crippen molar-refractivity contribution in [2.24, 2.45) is 16.6 Å². The highest BCUT2D eigenvalue weighted by atomic mass is 15.1. The van der Waals surface area contributed by atoms with Gasteiger partial charge in [-0.2, -0.15) is 0 Å². The Hall–Kier alpha value is -0.0800. The molecule has 0 bridgehead atoms. The van der Waals surface area contributed by atoms with Gasteiger partial charge in [-0.3, -0.25) is 0 Å². The van der Waals surface area contributed by atoms with E-state index in [4.69, 9.17) is 5.73 Å². The van der Waals surface area contributed by atoms with E-state index >= 15 is 0 Å². The van der Waals surface area contributed by atoms with Crippen molar-refractivity contribution in [3.8, 4) is 0 Å². The molecule has 1 aliphatic heterocycles. The lowest BCUT2D eigenvalue weighted by atomic mass is 9.62. The Balaban J connectivity index is 2.78. The molecule has 1 rings (SSSR count). The van der Waals surface area contributed by atoms with E-state index in [1.807, 2.05) is 0 Å². The van der Waals surface area contributed by atoms with Crippen LogP contribution in [0.15, 0.2) is 0 Å². The van der Waals surface area contributed by atoms with Gasteiger partial charge in [-0.1, -0.05) is 20.8 Å². The molecule has 0 saturated carbocycles. The first kappa shape index (κ1) is 12.0. The molecule has 1 heterocycles. The number of hydrogen-bond acceptors (Lipinski definition) is 2. The lowest BCUT2D eigenvalue weighted by molar-refractivity contribution is 0.0761. The fourth-order valence-corrected chi connectivity index (χ4v) is 2.59. The molecule has 1 atom stereocenters. The number of nitrogens with two attached hydrogens (primary N) is 1. The van der Waals surface area contributed by atoms with Gasteiger partial charge < -0.3 is 10.6 Å². The number of nitrogens with zero attached hydrogens (tertiary/aromatic N) is 1. The highest BCUT2D eigenvalue weighted by Crippen LogP contribution is 2.45. The van der Waals surface area contributed by atoms with E-state index in [-0.39, 0.29) is 0 Å². The Kier molecular flexibility index (Phi) is 3.59. The van der Waals surface area contributed by atoms with E-state index in [1.165, 1.54) is 32.4 Å². The van der Waals surface area contributed by atoms with Gasteiger partial charge in [0.15, 0.2) is 0 Å². The van der Waals surface area contributed by atoms with Crippen LogP contribution in [0, 0.1) is 10.8 Å². The van der Waals surface area contributed by atoms with Crippen molar-refractivity contribution in [1.29, 1.82) is 0 Å². The minimum Gasteiger partial charge on any atom is -0.330 e. The molecule has 1 unspecified atom stereocenters. The summed E-state index contributed by atoms with van der Waals surface area (Å²) in [5, 5.41) is 0. The summed E-state index contributed by atoms with van der Waals surface area (Å²) in [7, 11) is 2.22. The number of rotatable bonds is 1. The zero-order chi connectivity index (χ0) is 10.8. The number of likely N-dealkylation sites (tertiary alicyclic amines) is 1. The summed E-state index contributed by atoms with van der Waals surface area (Å²) in [4.78, 5) is 2.43. The van der Waals surface area contributed by atoms with Crippen LogP contribution in [0.4, 0.5) is 0 Å². The van der Waals surface area contributed by atoms with Crippen molar-refractivity contribution in [1.82, 2.24) is 4.90 Å². The van der Waals surface area contributed by atoms with Crippen LogP contribution in [0.1, 0.15) is 40.0 Å². The van der Waals surface area contributed by atoms with Crippen LogP contribution in [0.5, 0.6) is 0 Å². The van der Waals surface area contributed by atoms with Crippen LogP contribution in [0.25, 0.3) is 0 Å². The first-order chi connectivity index (χ1) is 6.41. The maximum atomic E-state index is 6.02. The van der Waals surface area contributed by atoms with E-state index in [2.05, 4.69) is 32.7 Å². The lowest BCUT2D eigenvalue weighted by Crippen LogP contribution is -2.42. The average Bonchev–Trinajstić information content (AvgIpc) is 2.26. The highest BCUT2D eigenvalue weighted by Gasteiger charge is 2.40. The summed E-state index contributed by atoms with van der Waals surface area (Å²) in [5.41, 5.74) is 6.72. The van der Waals surface area contributed by atoms with Gasteiger partial charge in [0.05, 0.1) is 0 Å². The summed E-state index contributed by atoms with van der Waals surface area (Å²) in [6.45, 7) is 10.3. The molecule has 1 saturated heterocycles. The largest absolute Gasteiger partial charge is 0.330 e. The van der Waals surface area contributed by atoms with Crippen molar-refractivity contribution in [3.63, 3.8) is 0 Å². The summed E-state index contributed by atoms with van der Waals surface area (Å²) in [5.74, 6) is 0. The predicted octanol–water partition coefficient (Wildman–Crippen LogP) is 2.09. The van der Waals surface area contributed by atoms with Crippen LogP contribution in [-0.4, -0.2) is 31.6 Å². The Morgan fingerprint density at radius 3 is 2.36 bits per heavy atom. The lowest BCUT2D eigenvalue weighted by Gasteiger charge is -2.44. The van der Waals surface area contributed by atoms with E-state index < -0.39 is 0 Å². The van der Waals surface area contributed by atoms with E-state index in [0.717, 1.165) is 6.54 Å².